The molecule has 0 unspecified atom stereocenters. The summed E-state index contributed by atoms with van der Waals surface area (Å²) in [6.45, 7) is 0.225. The number of fused-ring (bicyclic) bond motifs is 1. The van der Waals surface area contributed by atoms with Gasteiger partial charge in [0.25, 0.3) is 0 Å². The van der Waals surface area contributed by atoms with E-state index < -0.39 is 17.7 Å². The lowest BCUT2D eigenvalue weighted by molar-refractivity contribution is -0.139. The second-order valence-electron chi connectivity index (χ2n) is 3.77. The monoisotopic (exact) mass is 246 g/mol. The van der Waals surface area contributed by atoms with E-state index in [1.807, 2.05) is 0 Å². The average molecular weight is 246 g/mol. The van der Waals surface area contributed by atoms with Crippen molar-refractivity contribution in [1.82, 2.24) is 0 Å². The number of ether oxygens (including phenoxy) is 1. The largest absolute Gasteiger partial charge is 0.493 e. The fourth-order valence-electron chi connectivity index (χ4n) is 1.82. The molecule has 1 heterocycles. The Labute approximate surface area is 94.8 Å². The molecular formula is C11H9F3O3. The minimum absolute atomic E-state index is 0.225. The molecule has 0 amide bonds. The molecule has 0 aromatic heterocycles. The molecule has 1 aromatic rings. The van der Waals surface area contributed by atoms with Gasteiger partial charge < -0.3 is 9.84 Å². The summed E-state index contributed by atoms with van der Waals surface area (Å²) < 4.78 is 43.2. The van der Waals surface area contributed by atoms with Crippen molar-refractivity contribution in [3.05, 3.63) is 28.8 Å². The van der Waals surface area contributed by atoms with Crippen LogP contribution in [0.1, 0.15) is 27.9 Å². The molecule has 0 atom stereocenters. The maximum Gasteiger partial charge on any atom is 0.419 e. The molecule has 0 saturated heterocycles. The molecule has 0 fully saturated rings. The zero-order valence-electron chi connectivity index (χ0n) is 8.67. The van der Waals surface area contributed by atoms with E-state index >= 15 is 0 Å². The van der Waals surface area contributed by atoms with Crippen LogP contribution in [0.3, 0.4) is 0 Å². The third-order valence-corrected chi connectivity index (χ3v) is 2.56. The molecule has 0 aliphatic carbocycles. The summed E-state index contributed by atoms with van der Waals surface area (Å²) in [5.74, 6) is -1.60. The molecule has 1 aliphatic heterocycles. The van der Waals surface area contributed by atoms with Crippen LogP contribution in [0.25, 0.3) is 0 Å². The van der Waals surface area contributed by atoms with Crippen molar-refractivity contribution in [3.63, 3.8) is 0 Å². The van der Waals surface area contributed by atoms with E-state index in [0.717, 1.165) is 0 Å². The van der Waals surface area contributed by atoms with Gasteiger partial charge in [0, 0.05) is 0 Å². The van der Waals surface area contributed by atoms with E-state index in [4.69, 9.17) is 9.84 Å². The summed E-state index contributed by atoms with van der Waals surface area (Å²) in [5.41, 5.74) is -1.06. The van der Waals surface area contributed by atoms with E-state index in [-0.39, 0.29) is 17.9 Å². The van der Waals surface area contributed by atoms with Crippen LogP contribution >= 0.6 is 0 Å². The van der Waals surface area contributed by atoms with Crippen LogP contribution in [0.2, 0.25) is 0 Å². The number of rotatable bonds is 1. The number of hydrogen-bond acceptors (Lipinski definition) is 2. The van der Waals surface area contributed by atoms with Crippen molar-refractivity contribution < 1.29 is 27.8 Å². The molecule has 0 bridgehead atoms. The topological polar surface area (TPSA) is 46.5 Å². The third-order valence-electron chi connectivity index (χ3n) is 2.56. The van der Waals surface area contributed by atoms with Crippen molar-refractivity contribution in [2.75, 3.05) is 6.61 Å². The molecule has 1 aliphatic rings. The maximum absolute atomic E-state index is 12.7. The van der Waals surface area contributed by atoms with E-state index in [9.17, 15) is 18.0 Å². The normalized spacial score (nSPS) is 15.0. The van der Waals surface area contributed by atoms with Gasteiger partial charge in [-0.1, -0.05) is 0 Å². The second kappa shape index (κ2) is 3.94. The highest BCUT2D eigenvalue weighted by Crippen LogP contribution is 2.40. The van der Waals surface area contributed by atoms with Crippen molar-refractivity contribution in [1.29, 1.82) is 0 Å². The molecule has 92 valence electrons. The van der Waals surface area contributed by atoms with Crippen molar-refractivity contribution >= 4 is 5.97 Å². The Morgan fingerprint density at radius 3 is 2.65 bits per heavy atom. The third kappa shape index (κ3) is 2.20. The van der Waals surface area contributed by atoms with E-state index in [2.05, 4.69) is 0 Å². The van der Waals surface area contributed by atoms with Gasteiger partial charge in [-0.3, -0.25) is 0 Å². The number of carbonyl (C=O) groups is 1. The summed E-state index contributed by atoms with van der Waals surface area (Å²) >= 11 is 0. The van der Waals surface area contributed by atoms with Gasteiger partial charge in [-0.25, -0.2) is 4.79 Å². The van der Waals surface area contributed by atoms with Crippen LogP contribution in [0.15, 0.2) is 12.1 Å². The summed E-state index contributed by atoms with van der Waals surface area (Å²) in [7, 11) is 0. The number of carboxylic acids is 1. The fraction of sp³-hybridized carbons (Fsp3) is 0.364. The Bertz CT molecular complexity index is 466. The lowest BCUT2D eigenvalue weighted by atomic mass is 9.98. The molecule has 0 spiro atoms. The number of carboxylic acid groups (broad SMARTS) is 1. The minimum Gasteiger partial charge on any atom is -0.493 e. The highest BCUT2D eigenvalue weighted by molar-refractivity contribution is 5.88. The first-order valence-electron chi connectivity index (χ1n) is 5.00. The lowest BCUT2D eigenvalue weighted by Crippen LogP contribution is -2.17. The zero-order valence-corrected chi connectivity index (χ0v) is 8.67. The Morgan fingerprint density at radius 2 is 2.06 bits per heavy atom. The quantitative estimate of drug-likeness (QED) is 0.828. The Morgan fingerprint density at radius 1 is 1.35 bits per heavy atom. The van der Waals surface area contributed by atoms with Crippen molar-refractivity contribution in [3.8, 4) is 5.75 Å². The van der Waals surface area contributed by atoms with Gasteiger partial charge in [-0.15, -0.1) is 0 Å². The van der Waals surface area contributed by atoms with Crippen LogP contribution in [0.5, 0.6) is 5.75 Å². The molecule has 2 rings (SSSR count). The Kier molecular flexibility index (Phi) is 2.73. The molecule has 6 heteroatoms. The van der Waals surface area contributed by atoms with Gasteiger partial charge in [-0.05, 0) is 30.5 Å². The number of hydrogen-bond donors (Lipinski definition) is 1. The maximum atomic E-state index is 12.7. The van der Waals surface area contributed by atoms with Gasteiger partial charge in [-0.2, -0.15) is 13.2 Å². The van der Waals surface area contributed by atoms with Crippen LogP contribution < -0.4 is 4.74 Å². The molecule has 3 nitrogen and oxygen atoms in total. The first-order chi connectivity index (χ1) is 7.89. The Hall–Kier alpha value is -1.72. The summed E-state index contributed by atoms with van der Waals surface area (Å²) in [6.07, 6.45) is -3.61. The summed E-state index contributed by atoms with van der Waals surface area (Å²) in [5, 5.41) is 8.77. The fourth-order valence-corrected chi connectivity index (χ4v) is 1.82. The SMILES string of the molecule is O=C(O)c1cc2c(c(C(F)(F)F)c1)OCCC2. The standard InChI is InChI=1S/C11H9F3O3/c12-11(13,14)8-5-7(10(15)16)4-6-2-1-3-17-9(6)8/h4-5H,1-3H2,(H,15,16). The van der Waals surface area contributed by atoms with Gasteiger partial charge in [0.2, 0.25) is 0 Å². The molecule has 0 radical (unpaired) electrons. The van der Waals surface area contributed by atoms with Crippen molar-refractivity contribution in [2.24, 2.45) is 0 Å². The zero-order chi connectivity index (χ0) is 12.6. The Balaban J connectivity index is 2.62. The predicted octanol–water partition coefficient (Wildman–Crippen LogP) is 2.73. The average Bonchev–Trinajstić information content (AvgIpc) is 2.26. The number of benzene rings is 1. The summed E-state index contributed by atoms with van der Waals surface area (Å²) in [4.78, 5) is 10.8. The van der Waals surface area contributed by atoms with Crippen LogP contribution in [-0.4, -0.2) is 17.7 Å². The predicted molar refractivity (Wildman–Crippen MR) is 52.2 cm³/mol. The van der Waals surface area contributed by atoms with Gasteiger partial charge >= 0.3 is 12.1 Å². The smallest absolute Gasteiger partial charge is 0.419 e. The molecule has 1 N–H and O–H groups in total. The van der Waals surface area contributed by atoms with Gasteiger partial charge in [0.1, 0.15) is 5.75 Å². The van der Waals surface area contributed by atoms with Crippen LogP contribution in [0.4, 0.5) is 13.2 Å². The molecule has 0 saturated carbocycles. The number of alkyl halides is 3. The number of halogens is 3. The second-order valence-corrected chi connectivity index (χ2v) is 3.77. The molecular weight excluding hydrogens is 237 g/mol. The highest BCUT2D eigenvalue weighted by atomic mass is 19.4. The number of aryl methyl sites for hydroxylation is 1. The van der Waals surface area contributed by atoms with E-state index in [1.54, 1.807) is 0 Å². The van der Waals surface area contributed by atoms with Crippen LogP contribution in [0, 0.1) is 0 Å². The molecule has 17 heavy (non-hydrogen) atoms. The van der Waals surface area contributed by atoms with Crippen molar-refractivity contribution in [2.45, 2.75) is 19.0 Å². The highest BCUT2D eigenvalue weighted by Gasteiger charge is 2.37. The van der Waals surface area contributed by atoms with E-state index in [1.165, 1.54) is 6.07 Å². The first-order valence-corrected chi connectivity index (χ1v) is 5.00. The number of aromatic carboxylic acids is 1. The minimum atomic E-state index is -4.60. The van der Waals surface area contributed by atoms with Gasteiger partial charge in [0.15, 0.2) is 0 Å². The lowest BCUT2D eigenvalue weighted by Gasteiger charge is -2.22. The molecule has 1 aromatic carbocycles. The summed E-state index contributed by atoms with van der Waals surface area (Å²) in [6, 6.07) is 1.86. The first kappa shape index (κ1) is 11.8. The van der Waals surface area contributed by atoms with Crippen LogP contribution in [-0.2, 0) is 12.6 Å². The van der Waals surface area contributed by atoms with Gasteiger partial charge in [0.05, 0.1) is 17.7 Å². The van der Waals surface area contributed by atoms with E-state index in [0.29, 0.717) is 24.5 Å².